The highest BCUT2D eigenvalue weighted by atomic mass is 16.5. The maximum atomic E-state index is 6.12. The second kappa shape index (κ2) is 9.11. The largest absolute Gasteiger partial charge is 0.374 e. The van der Waals surface area contributed by atoms with Crippen LogP contribution in [0.4, 0.5) is 5.69 Å². The minimum atomic E-state index is 0.123. The summed E-state index contributed by atoms with van der Waals surface area (Å²) in [5.74, 6) is 0. The van der Waals surface area contributed by atoms with Gasteiger partial charge >= 0.3 is 0 Å². The Morgan fingerprint density at radius 2 is 1.75 bits per heavy atom. The minimum Gasteiger partial charge on any atom is -0.374 e. The molecule has 2 aromatic carbocycles. The van der Waals surface area contributed by atoms with Crippen LogP contribution < -0.4 is 4.90 Å². The zero-order chi connectivity index (χ0) is 20.1. The van der Waals surface area contributed by atoms with Crippen LogP contribution in [0.15, 0.2) is 54.6 Å². The van der Waals surface area contributed by atoms with Gasteiger partial charge in [-0.15, -0.1) is 0 Å². The fourth-order valence-electron chi connectivity index (χ4n) is 4.58. The van der Waals surface area contributed by atoms with Gasteiger partial charge in [0.15, 0.2) is 0 Å². The quantitative estimate of drug-likeness (QED) is 0.635. The number of hydrogen-bond donors (Lipinski definition) is 0. The van der Waals surface area contributed by atoms with Crippen LogP contribution in [-0.2, 0) is 4.74 Å². The zero-order valence-corrected chi connectivity index (χ0v) is 18.2. The van der Waals surface area contributed by atoms with Gasteiger partial charge in [-0.05, 0) is 58.7 Å². The lowest BCUT2D eigenvalue weighted by Crippen LogP contribution is -2.63. The van der Waals surface area contributed by atoms with Gasteiger partial charge in [-0.2, -0.15) is 0 Å². The Bertz CT molecular complexity index is 726. The van der Waals surface area contributed by atoms with Crippen molar-refractivity contribution in [3.63, 3.8) is 0 Å². The number of benzene rings is 2. The number of hydrogen-bond acceptors (Lipinski definition) is 3. The number of rotatable bonds is 7. The number of aryl methyl sites for hydroxylation is 1. The summed E-state index contributed by atoms with van der Waals surface area (Å²) in [7, 11) is 0. The van der Waals surface area contributed by atoms with E-state index in [2.05, 4.69) is 99.0 Å². The summed E-state index contributed by atoms with van der Waals surface area (Å²) in [6, 6.07) is 20.1. The van der Waals surface area contributed by atoms with Crippen LogP contribution in [0.3, 0.4) is 0 Å². The zero-order valence-electron chi connectivity index (χ0n) is 18.2. The molecule has 0 radical (unpaired) electrons. The molecule has 3 nitrogen and oxygen atoms in total. The summed E-state index contributed by atoms with van der Waals surface area (Å²) in [5, 5.41) is 0. The normalized spacial score (nSPS) is 20.9. The van der Waals surface area contributed by atoms with Crippen LogP contribution >= 0.6 is 0 Å². The maximum Gasteiger partial charge on any atom is 0.0837 e. The molecule has 2 unspecified atom stereocenters. The first-order valence-electron chi connectivity index (χ1n) is 10.7. The van der Waals surface area contributed by atoms with Crippen molar-refractivity contribution >= 4 is 5.69 Å². The van der Waals surface area contributed by atoms with Gasteiger partial charge in [0.25, 0.3) is 0 Å². The highest BCUT2D eigenvalue weighted by Crippen LogP contribution is 2.31. The predicted octanol–water partition coefficient (Wildman–Crippen LogP) is 5.45. The average Bonchev–Trinajstić information content (AvgIpc) is 2.67. The van der Waals surface area contributed by atoms with E-state index in [9.17, 15) is 0 Å². The Labute approximate surface area is 171 Å². The molecule has 0 saturated carbocycles. The van der Waals surface area contributed by atoms with Gasteiger partial charge in [-0.25, -0.2) is 0 Å². The molecular formula is C25H36N2O. The van der Waals surface area contributed by atoms with Gasteiger partial charge in [-0.1, -0.05) is 48.0 Å². The Morgan fingerprint density at radius 1 is 1.07 bits per heavy atom. The number of nitrogens with zero attached hydrogens (tertiary/aromatic N) is 2. The fourth-order valence-corrected chi connectivity index (χ4v) is 4.58. The van der Waals surface area contributed by atoms with Crippen LogP contribution in [0.1, 0.15) is 51.3 Å². The van der Waals surface area contributed by atoms with Gasteiger partial charge < -0.3 is 9.64 Å². The summed E-state index contributed by atoms with van der Waals surface area (Å²) >= 11 is 0. The molecule has 1 saturated heterocycles. The molecule has 1 aliphatic rings. The molecule has 0 amide bonds. The Hall–Kier alpha value is -1.84. The summed E-state index contributed by atoms with van der Waals surface area (Å²) in [4.78, 5) is 5.20. The highest BCUT2D eigenvalue weighted by Gasteiger charge is 2.38. The molecule has 0 aromatic heterocycles. The number of ether oxygens (including phenoxy) is 1. The molecule has 1 aliphatic heterocycles. The molecular weight excluding hydrogens is 344 g/mol. The van der Waals surface area contributed by atoms with Gasteiger partial charge in [0.05, 0.1) is 6.10 Å². The Kier molecular flexibility index (Phi) is 6.79. The molecule has 3 rings (SSSR count). The summed E-state index contributed by atoms with van der Waals surface area (Å²) in [5.41, 5.74) is 4.04. The molecule has 1 heterocycles. The van der Waals surface area contributed by atoms with Crippen molar-refractivity contribution in [1.82, 2.24) is 4.90 Å². The molecule has 28 heavy (non-hydrogen) atoms. The van der Waals surface area contributed by atoms with Crippen LogP contribution in [-0.4, -0.2) is 42.7 Å². The van der Waals surface area contributed by atoms with Crippen molar-refractivity contribution in [2.45, 2.75) is 58.7 Å². The third-order valence-electron chi connectivity index (χ3n) is 5.94. The summed E-state index contributed by atoms with van der Waals surface area (Å²) in [6.45, 7) is 15.2. The minimum absolute atomic E-state index is 0.123. The van der Waals surface area contributed by atoms with E-state index in [0.717, 1.165) is 32.7 Å². The number of piperazine rings is 1. The van der Waals surface area contributed by atoms with E-state index in [1.807, 2.05) is 0 Å². The molecule has 2 aromatic rings. The monoisotopic (exact) mass is 380 g/mol. The van der Waals surface area contributed by atoms with E-state index in [4.69, 9.17) is 4.74 Å². The van der Waals surface area contributed by atoms with Crippen LogP contribution in [0.25, 0.3) is 0 Å². The van der Waals surface area contributed by atoms with Gasteiger partial charge in [0.1, 0.15) is 0 Å². The van der Waals surface area contributed by atoms with Crippen molar-refractivity contribution in [2.24, 2.45) is 0 Å². The van der Waals surface area contributed by atoms with Crippen LogP contribution in [0.5, 0.6) is 0 Å². The predicted molar refractivity (Wildman–Crippen MR) is 119 cm³/mol. The first-order chi connectivity index (χ1) is 13.4. The Morgan fingerprint density at radius 3 is 2.36 bits per heavy atom. The van der Waals surface area contributed by atoms with Gasteiger partial charge in [0.2, 0.25) is 0 Å². The van der Waals surface area contributed by atoms with E-state index >= 15 is 0 Å². The highest BCUT2D eigenvalue weighted by molar-refractivity contribution is 5.47. The number of anilines is 1. The lowest BCUT2D eigenvalue weighted by Gasteiger charge is -2.52. The third kappa shape index (κ3) is 4.95. The topological polar surface area (TPSA) is 15.7 Å². The smallest absolute Gasteiger partial charge is 0.0837 e. The molecule has 0 spiro atoms. The third-order valence-corrected chi connectivity index (χ3v) is 5.94. The summed E-state index contributed by atoms with van der Waals surface area (Å²) < 4.78 is 6.12. The van der Waals surface area contributed by atoms with E-state index in [1.165, 1.54) is 16.8 Å². The van der Waals surface area contributed by atoms with E-state index in [0.29, 0.717) is 6.04 Å². The second-order valence-electron chi connectivity index (χ2n) is 8.71. The van der Waals surface area contributed by atoms with Crippen molar-refractivity contribution < 1.29 is 4.74 Å². The standard InChI is InChI=1S/C25H36N2O/c1-6-28-24(22-14-12-20(2)13-15-22)16-17-27-21(3)18-26(19-25(27,4)5)23-10-8-7-9-11-23/h7-15,21,24H,6,16-19H2,1-5H3. The summed E-state index contributed by atoms with van der Waals surface area (Å²) in [6.07, 6.45) is 1.19. The fraction of sp³-hybridized carbons (Fsp3) is 0.520. The number of para-hydroxylation sites is 1. The lowest BCUT2D eigenvalue weighted by atomic mass is 9.93. The second-order valence-corrected chi connectivity index (χ2v) is 8.71. The maximum absolute atomic E-state index is 6.12. The van der Waals surface area contributed by atoms with Crippen molar-refractivity contribution in [2.75, 3.05) is 31.1 Å². The van der Waals surface area contributed by atoms with Gasteiger partial charge in [0, 0.05) is 43.5 Å². The van der Waals surface area contributed by atoms with Crippen molar-refractivity contribution in [1.29, 1.82) is 0 Å². The molecule has 0 aliphatic carbocycles. The molecule has 152 valence electrons. The van der Waals surface area contributed by atoms with Crippen molar-refractivity contribution in [3.05, 3.63) is 65.7 Å². The molecule has 1 fully saturated rings. The Balaban J connectivity index is 1.68. The average molecular weight is 381 g/mol. The molecule has 3 heteroatoms. The van der Waals surface area contributed by atoms with E-state index < -0.39 is 0 Å². The van der Waals surface area contributed by atoms with Gasteiger partial charge in [-0.3, -0.25) is 4.90 Å². The molecule has 2 atom stereocenters. The first kappa shape index (κ1) is 20.9. The molecule has 0 bridgehead atoms. The van der Waals surface area contributed by atoms with Crippen molar-refractivity contribution in [3.8, 4) is 0 Å². The van der Waals surface area contributed by atoms with E-state index in [1.54, 1.807) is 0 Å². The SMILES string of the molecule is CCOC(CCN1C(C)CN(c2ccccc2)CC1(C)C)c1ccc(C)cc1. The van der Waals surface area contributed by atoms with E-state index in [-0.39, 0.29) is 11.6 Å². The van der Waals surface area contributed by atoms with Crippen LogP contribution in [0, 0.1) is 6.92 Å². The van der Waals surface area contributed by atoms with Crippen LogP contribution in [0.2, 0.25) is 0 Å². The molecule has 0 N–H and O–H groups in total. The lowest BCUT2D eigenvalue weighted by molar-refractivity contribution is 0.0141. The first-order valence-corrected chi connectivity index (χ1v) is 10.7.